The van der Waals surface area contributed by atoms with Crippen molar-refractivity contribution in [3.63, 3.8) is 0 Å². The minimum absolute atomic E-state index is 0.156. The van der Waals surface area contributed by atoms with Crippen molar-refractivity contribution in [2.24, 2.45) is 0 Å². The third-order valence-electron chi connectivity index (χ3n) is 7.23. The summed E-state index contributed by atoms with van der Waals surface area (Å²) < 4.78 is 37.7. The van der Waals surface area contributed by atoms with Crippen LogP contribution in [0, 0.1) is 40.4 Å². The van der Waals surface area contributed by atoms with E-state index in [1.165, 1.54) is 7.11 Å². The van der Waals surface area contributed by atoms with Crippen LogP contribution in [-0.4, -0.2) is 25.8 Å². The maximum Gasteiger partial charge on any atom is 0.344 e. The highest BCUT2D eigenvalue weighted by Crippen LogP contribution is 2.37. The molecule has 0 bridgehead atoms. The summed E-state index contributed by atoms with van der Waals surface area (Å²) in [5, 5.41) is 0. The van der Waals surface area contributed by atoms with E-state index in [0.29, 0.717) is 57.5 Å². The molecule has 0 spiro atoms. The molecule has 0 fully saturated rings. The summed E-state index contributed by atoms with van der Waals surface area (Å²) in [5.74, 6) is -1.20. The van der Waals surface area contributed by atoms with Gasteiger partial charge >= 0.3 is 11.9 Å². The quantitative estimate of drug-likeness (QED) is 0.157. The number of carbonyl (C=O) groups is 2. The lowest BCUT2D eigenvalue weighted by Crippen LogP contribution is -2.19. The predicted molar refractivity (Wildman–Crippen MR) is 148 cm³/mol. The summed E-state index contributed by atoms with van der Waals surface area (Å²) in [4.78, 5) is 26.4. The fourth-order valence-corrected chi connectivity index (χ4v) is 5.01. The van der Waals surface area contributed by atoms with Crippen LogP contribution in [0.1, 0.15) is 79.1 Å². The third-order valence-corrected chi connectivity index (χ3v) is 7.23. The maximum atomic E-state index is 15.7. The minimum atomic E-state index is -0.653. The van der Waals surface area contributed by atoms with Gasteiger partial charge in [0.15, 0.2) is 18.4 Å². The summed E-state index contributed by atoms with van der Waals surface area (Å²) in [6.07, 6.45) is 0.988. The lowest BCUT2D eigenvalue weighted by molar-refractivity contribution is -0.0126. The monoisotopic (exact) mass is 536 g/mol. The molecule has 0 aliphatic carbocycles. The van der Waals surface area contributed by atoms with Crippen molar-refractivity contribution in [2.45, 2.75) is 67.9 Å². The van der Waals surface area contributed by atoms with Gasteiger partial charge in [0.25, 0.3) is 0 Å². The van der Waals surface area contributed by atoms with E-state index in [4.69, 9.17) is 18.9 Å². The summed E-state index contributed by atoms with van der Waals surface area (Å²) in [7, 11) is 1.44. The Kier molecular flexibility index (Phi) is 9.86. The summed E-state index contributed by atoms with van der Waals surface area (Å²) >= 11 is 0. The van der Waals surface area contributed by atoms with Gasteiger partial charge in [-0.1, -0.05) is 44.2 Å². The molecular formula is C32H37FO6. The Bertz CT molecular complexity index is 1380. The van der Waals surface area contributed by atoms with Crippen LogP contribution in [0.3, 0.4) is 0 Å². The first-order chi connectivity index (χ1) is 18.6. The largest absolute Gasteiger partial charge is 0.486 e. The molecule has 3 aromatic carbocycles. The van der Waals surface area contributed by atoms with Crippen LogP contribution in [-0.2, 0) is 28.9 Å². The van der Waals surface area contributed by atoms with Crippen molar-refractivity contribution in [3.8, 4) is 11.5 Å². The standard InChI is InChI=1S/C32H37FO6/c1-9-24-20(5)26(31(34)38-17-36-8)18(3)19(4)29(24)39-32(35)27-21(6)25(10-2)30(28(33)22(27)7)37-16-23-14-12-11-13-15-23/h11-15H,9-10,16-17H2,1-8H3. The number of ether oxygens (including phenoxy) is 4. The first-order valence-corrected chi connectivity index (χ1v) is 13.1. The van der Waals surface area contributed by atoms with Crippen LogP contribution in [0.25, 0.3) is 0 Å². The first-order valence-electron chi connectivity index (χ1n) is 13.1. The molecule has 0 radical (unpaired) electrons. The van der Waals surface area contributed by atoms with E-state index in [1.807, 2.05) is 44.2 Å². The molecule has 39 heavy (non-hydrogen) atoms. The van der Waals surface area contributed by atoms with Crippen LogP contribution < -0.4 is 9.47 Å². The van der Waals surface area contributed by atoms with Gasteiger partial charge in [-0.2, -0.15) is 0 Å². The van der Waals surface area contributed by atoms with Crippen LogP contribution in [0.4, 0.5) is 4.39 Å². The molecule has 0 unspecified atom stereocenters. The van der Waals surface area contributed by atoms with E-state index in [-0.39, 0.29) is 30.3 Å². The van der Waals surface area contributed by atoms with E-state index < -0.39 is 17.8 Å². The van der Waals surface area contributed by atoms with Crippen LogP contribution in [0.15, 0.2) is 30.3 Å². The van der Waals surface area contributed by atoms with Gasteiger partial charge in [-0.3, -0.25) is 0 Å². The van der Waals surface area contributed by atoms with E-state index in [9.17, 15) is 9.59 Å². The smallest absolute Gasteiger partial charge is 0.344 e. The van der Waals surface area contributed by atoms with E-state index >= 15 is 4.39 Å². The normalized spacial score (nSPS) is 10.9. The topological polar surface area (TPSA) is 71.1 Å². The van der Waals surface area contributed by atoms with Crippen molar-refractivity contribution >= 4 is 11.9 Å². The Hall–Kier alpha value is -3.71. The van der Waals surface area contributed by atoms with Gasteiger partial charge in [0.1, 0.15) is 12.4 Å². The number of halogens is 1. The maximum absolute atomic E-state index is 15.7. The third kappa shape index (κ3) is 5.98. The fourth-order valence-electron chi connectivity index (χ4n) is 5.01. The van der Waals surface area contributed by atoms with E-state index in [1.54, 1.807) is 34.6 Å². The summed E-state index contributed by atoms with van der Waals surface area (Å²) in [6, 6.07) is 9.53. The summed E-state index contributed by atoms with van der Waals surface area (Å²) in [5.41, 5.74) is 5.60. The van der Waals surface area contributed by atoms with Crippen molar-refractivity contribution in [1.82, 2.24) is 0 Å². The molecule has 3 rings (SSSR count). The zero-order chi connectivity index (χ0) is 28.9. The van der Waals surface area contributed by atoms with Crippen molar-refractivity contribution in [1.29, 1.82) is 0 Å². The fraction of sp³-hybridized carbons (Fsp3) is 0.375. The van der Waals surface area contributed by atoms with Crippen LogP contribution >= 0.6 is 0 Å². The van der Waals surface area contributed by atoms with Crippen LogP contribution in [0.2, 0.25) is 0 Å². The Labute approximate surface area is 230 Å². The molecule has 0 aromatic heterocycles. The highest BCUT2D eigenvalue weighted by atomic mass is 19.1. The predicted octanol–water partition coefficient (Wildman–Crippen LogP) is 7.05. The van der Waals surface area contributed by atoms with Gasteiger partial charge in [0, 0.05) is 18.2 Å². The molecule has 3 aromatic rings. The van der Waals surface area contributed by atoms with Gasteiger partial charge in [-0.15, -0.1) is 0 Å². The number of benzene rings is 3. The number of methoxy groups -OCH3 is 1. The summed E-state index contributed by atoms with van der Waals surface area (Å²) in [6.45, 7) is 12.6. The lowest BCUT2D eigenvalue weighted by Gasteiger charge is -2.22. The molecule has 6 nitrogen and oxygen atoms in total. The van der Waals surface area contributed by atoms with Gasteiger partial charge < -0.3 is 18.9 Å². The van der Waals surface area contributed by atoms with Crippen LogP contribution in [0.5, 0.6) is 11.5 Å². The molecule has 0 aliphatic rings. The Morgan fingerprint density at radius 2 is 1.31 bits per heavy atom. The van der Waals surface area contributed by atoms with E-state index in [0.717, 1.165) is 5.56 Å². The molecule has 0 atom stereocenters. The average Bonchev–Trinajstić information content (AvgIpc) is 2.92. The van der Waals surface area contributed by atoms with Gasteiger partial charge in [-0.25, -0.2) is 14.0 Å². The molecule has 7 heteroatoms. The number of rotatable bonds is 10. The minimum Gasteiger partial charge on any atom is -0.486 e. The number of esters is 2. The Morgan fingerprint density at radius 3 is 1.87 bits per heavy atom. The molecular weight excluding hydrogens is 499 g/mol. The van der Waals surface area contributed by atoms with Crippen molar-refractivity contribution in [2.75, 3.05) is 13.9 Å². The number of hydrogen-bond acceptors (Lipinski definition) is 6. The van der Waals surface area contributed by atoms with Gasteiger partial charge in [-0.05, 0) is 80.8 Å². The second-order valence-corrected chi connectivity index (χ2v) is 9.51. The highest BCUT2D eigenvalue weighted by molar-refractivity contribution is 5.97. The molecule has 0 saturated carbocycles. The number of hydrogen-bond donors (Lipinski definition) is 0. The molecule has 208 valence electrons. The lowest BCUT2D eigenvalue weighted by atomic mass is 9.91. The highest BCUT2D eigenvalue weighted by Gasteiger charge is 2.28. The molecule has 0 aliphatic heterocycles. The Balaban J connectivity index is 2.04. The second-order valence-electron chi connectivity index (χ2n) is 9.51. The molecule has 0 amide bonds. The zero-order valence-corrected chi connectivity index (χ0v) is 24.0. The second kappa shape index (κ2) is 12.9. The van der Waals surface area contributed by atoms with Gasteiger partial charge in [0.2, 0.25) is 0 Å². The SMILES string of the molecule is CCc1c(C)c(C(=O)OCOC)c(C)c(C)c1OC(=O)c1c(C)c(F)c(OCc2ccccc2)c(CC)c1C. The van der Waals surface area contributed by atoms with Crippen molar-refractivity contribution in [3.05, 3.63) is 91.8 Å². The van der Waals surface area contributed by atoms with E-state index in [2.05, 4.69) is 0 Å². The van der Waals surface area contributed by atoms with Crippen molar-refractivity contribution < 1.29 is 32.9 Å². The number of carbonyl (C=O) groups excluding carboxylic acids is 2. The average molecular weight is 537 g/mol. The molecule has 0 heterocycles. The van der Waals surface area contributed by atoms with Gasteiger partial charge in [0.05, 0.1) is 11.1 Å². The molecule has 0 N–H and O–H groups in total. The Morgan fingerprint density at radius 1 is 0.744 bits per heavy atom. The first kappa shape index (κ1) is 29.8. The molecule has 0 saturated heterocycles. The zero-order valence-electron chi connectivity index (χ0n) is 24.0.